The molecule has 0 aromatic heterocycles. The zero-order valence-electron chi connectivity index (χ0n) is 14.5. The third-order valence-electron chi connectivity index (χ3n) is 4.08. The Morgan fingerprint density at radius 3 is 2.70 bits per heavy atom. The van der Waals surface area contributed by atoms with Crippen molar-refractivity contribution in [1.82, 2.24) is 10.2 Å². The van der Waals surface area contributed by atoms with E-state index in [1.165, 1.54) is 0 Å². The van der Waals surface area contributed by atoms with E-state index < -0.39 is 5.60 Å². The first kappa shape index (κ1) is 17.6. The molecule has 2 rings (SSSR count). The van der Waals surface area contributed by atoms with Crippen LogP contribution in [0.3, 0.4) is 0 Å². The smallest absolute Gasteiger partial charge is 0.410 e. The highest BCUT2D eigenvalue weighted by atomic mass is 16.6. The van der Waals surface area contributed by atoms with Gasteiger partial charge in [-0.05, 0) is 46.6 Å². The van der Waals surface area contributed by atoms with Gasteiger partial charge < -0.3 is 20.1 Å². The summed E-state index contributed by atoms with van der Waals surface area (Å²) >= 11 is 0. The van der Waals surface area contributed by atoms with Gasteiger partial charge in [-0.1, -0.05) is 18.2 Å². The van der Waals surface area contributed by atoms with Crippen molar-refractivity contribution in [2.45, 2.75) is 64.8 Å². The highest BCUT2D eigenvalue weighted by molar-refractivity contribution is 5.68. The van der Waals surface area contributed by atoms with Crippen LogP contribution in [-0.4, -0.2) is 40.3 Å². The molecule has 2 N–H and O–H groups in total. The number of phenols is 1. The number of carbonyl (C=O) groups is 1. The second-order valence-corrected chi connectivity index (χ2v) is 7.25. The van der Waals surface area contributed by atoms with Crippen LogP contribution in [0.4, 0.5) is 4.79 Å². The molecular weight excluding hydrogens is 292 g/mol. The molecule has 1 amide bonds. The van der Waals surface area contributed by atoms with Crippen molar-refractivity contribution in [3.8, 4) is 5.75 Å². The first-order valence-electron chi connectivity index (χ1n) is 8.26. The van der Waals surface area contributed by atoms with Crippen LogP contribution in [0.25, 0.3) is 0 Å². The molecule has 1 aliphatic heterocycles. The number of para-hydroxylation sites is 1. The molecule has 0 bridgehead atoms. The lowest BCUT2D eigenvalue weighted by atomic mass is 9.98. The Kier molecular flexibility index (Phi) is 5.52. The number of piperidine rings is 1. The van der Waals surface area contributed by atoms with Gasteiger partial charge in [0.1, 0.15) is 11.4 Å². The Morgan fingerprint density at radius 1 is 1.39 bits per heavy atom. The van der Waals surface area contributed by atoms with E-state index in [2.05, 4.69) is 12.2 Å². The number of likely N-dealkylation sites (tertiary alicyclic amines) is 1. The van der Waals surface area contributed by atoms with Gasteiger partial charge in [-0.3, -0.25) is 0 Å². The predicted octanol–water partition coefficient (Wildman–Crippen LogP) is 3.27. The summed E-state index contributed by atoms with van der Waals surface area (Å²) in [5, 5.41) is 13.3. The average Bonchev–Trinajstić information content (AvgIpc) is 2.44. The Bertz CT molecular complexity index is 539. The van der Waals surface area contributed by atoms with Gasteiger partial charge in [0.15, 0.2) is 0 Å². The lowest BCUT2D eigenvalue weighted by Crippen LogP contribution is -2.50. The first-order valence-corrected chi connectivity index (χ1v) is 8.26. The third-order valence-corrected chi connectivity index (χ3v) is 4.08. The van der Waals surface area contributed by atoms with Crippen molar-refractivity contribution in [3.63, 3.8) is 0 Å². The molecule has 0 saturated carbocycles. The molecule has 0 spiro atoms. The number of carbonyl (C=O) groups excluding carboxylic acids is 1. The van der Waals surface area contributed by atoms with Crippen LogP contribution >= 0.6 is 0 Å². The molecule has 2 atom stereocenters. The molecule has 1 aromatic carbocycles. The Labute approximate surface area is 138 Å². The van der Waals surface area contributed by atoms with E-state index in [0.29, 0.717) is 24.9 Å². The molecular formula is C18H28N2O3. The summed E-state index contributed by atoms with van der Waals surface area (Å²) in [6.07, 6.45) is 1.54. The zero-order valence-corrected chi connectivity index (χ0v) is 14.5. The number of rotatable bonds is 3. The van der Waals surface area contributed by atoms with E-state index in [4.69, 9.17) is 4.74 Å². The van der Waals surface area contributed by atoms with E-state index in [1.807, 2.05) is 43.9 Å². The van der Waals surface area contributed by atoms with Crippen LogP contribution in [0.1, 0.15) is 46.1 Å². The molecule has 1 aliphatic rings. The molecule has 5 nitrogen and oxygen atoms in total. The summed E-state index contributed by atoms with van der Waals surface area (Å²) in [4.78, 5) is 14.0. The fourth-order valence-electron chi connectivity index (χ4n) is 2.86. The molecule has 128 valence electrons. The monoisotopic (exact) mass is 320 g/mol. The van der Waals surface area contributed by atoms with Crippen LogP contribution in [0.5, 0.6) is 5.75 Å². The number of amides is 1. The number of aromatic hydroxyl groups is 1. The molecule has 0 radical (unpaired) electrons. The second kappa shape index (κ2) is 7.21. The van der Waals surface area contributed by atoms with E-state index in [-0.39, 0.29) is 12.1 Å². The maximum absolute atomic E-state index is 12.2. The quantitative estimate of drug-likeness (QED) is 0.897. The van der Waals surface area contributed by atoms with Crippen LogP contribution in [0, 0.1) is 0 Å². The molecule has 23 heavy (non-hydrogen) atoms. The number of phenolic OH excluding ortho intramolecular Hbond substituents is 1. The van der Waals surface area contributed by atoms with Gasteiger partial charge in [0.2, 0.25) is 0 Å². The minimum Gasteiger partial charge on any atom is -0.508 e. The van der Waals surface area contributed by atoms with Gasteiger partial charge in [-0.2, -0.15) is 0 Å². The van der Waals surface area contributed by atoms with Crippen LogP contribution < -0.4 is 5.32 Å². The molecule has 1 fully saturated rings. The normalized spacial score (nSPS) is 22.0. The van der Waals surface area contributed by atoms with Gasteiger partial charge in [-0.25, -0.2) is 4.79 Å². The predicted molar refractivity (Wildman–Crippen MR) is 90.4 cm³/mol. The highest BCUT2D eigenvalue weighted by Crippen LogP contribution is 2.22. The standard InChI is InChI=1S/C18H28N2O3/c1-13-11-15(19-12-14-7-5-6-8-16(14)21)9-10-20(13)17(22)23-18(2,3)4/h5-8,13,15,19,21H,9-12H2,1-4H3. The Balaban J connectivity index is 1.84. The summed E-state index contributed by atoms with van der Waals surface area (Å²) in [5.74, 6) is 0.319. The maximum Gasteiger partial charge on any atom is 0.410 e. The van der Waals surface area contributed by atoms with E-state index in [1.54, 1.807) is 6.07 Å². The van der Waals surface area contributed by atoms with Gasteiger partial charge in [0.05, 0.1) is 0 Å². The molecule has 5 heteroatoms. The number of nitrogens with zero attached hydrogens (tertiary/aromatic N) is 1. The number of benzene rings is 1. The topological polar surface area (TPSA) is 61.8 Å². The minimum absolute atomic E-state index is 0.139. The summed E-state index contributed by atoms with van der Waals surface area (Å²) < 4.78 is 5.46. The minimum atomic E-state index is -0.462. The molecule has 0 aliphatic carbocycles. The van der Waals surface area contributed by atoms with Crippen LogP contribution in [-0.2, 0) is 11.3 Å². The van der Waals surface area contributed by atoms with Crippen molar-refractivity contribution in [3.05, 3.63) is 29.8 Å². The first-order chi connectivity index (χ1) is 10.8. The van der Waals surface area contributed by atoms with Crippen LogP contribution in [0.15, 0.2) is 24.3 Å². The summed E-state index contributed by atoms with van der Waals surface area (Å²) in [5.41, 5.74) is 0.436. The summed E-state index contributed by atoms with van der Waals surface area (Å²) in [7, 11) is 0. The number of hydrogen-bond donors (Lipinski definition) is 2. The fourth-order valence-corrected chi connectivity index (χ4v) is 2.86. The zero-order chi connectivity index (χ0) is 17.0. The Hall–Kier alpha value is -1.75. The number of ether oxygens (including phenoxy) is 1. The highest BCUT2D eigenvalue weighted by Gasteiger charge is 2.31. The van der Waals surface area contributed by atoms with Gasteiger partial charge in [0, 0.05) is 30.7 Å². The molecule has 1 aromatic rings. The lowest BCUT2D eigenvalue weighted by Gasteiger charge is -2.38. The Morgan fingerprint density at radius 2 is 2.09 bits per heavy atom. The second-order valence-electron chi connectivity index (χ2n) is 7.25. The average molecular weight is 320 g/mol. The van der Waals surface area contributed by atoms with Crippen molar-refractivity contribution < 1.29 is 14.6 Å². The van der Waals surface area contributed by atoms with Crippen molar-refractivity contribution >= 4 is 6.09 Å². The van der Waals surface area contributed by atoms with Crippen molar-refractivity contribution in [2.75, 3.05) is 6.54 Å². The van der Waals surface area contributed by atoms with E-state index >= 15 is 0 Å². The SMILES string of the molecule is CC1CC(NCc2ccccc2O)CCN1C(=O)OC(C)(C)C. The maximum atomic E-state index is 12.2. The largest absolute Gasteiger partial charge is 0.508 e. The van der Waals surface area contributed by atoms with Gasteiger partial charge in [-0.15, -0.1) is 0 Å². The van der Waals surface area contributed by atoms with Crippen molar-refractivity contribution in [1.29, 1.82) is 0 Å². The molecule has 1 saturated heterocycles. The number of hydrogen-bond acceptors (Lipinski definition) is 4. The summed E-state index contributed by atoms with van der Waals surface area (Å²) in [6, 6.07) is 7.83. The third kappa shape index (κ3) is 5.13. The van der Waals surface area contributed by atoms with E-state index in [0.717, 1.165) is 18.4 Å². The molecule has 2 unspecified atom stereocenters. The fraction of sp³-hybridized carbons (Fsp3) is 0.611. The van der Waals surface area contributed by atoms with Gasteiger partial charge in [0.25, 0.3) is 0 Å². The molecule has 1 heterocycles. The van der Waals surface area contributed by atoms with Gasteiger partial charge >= 0.3 is 6.09 Å². The van der Waals surface area contributed by atoms with E-state index in [9.17, 15) is 9.90 Å². The summed E-state index contributed by atoms with van der Waals surface area (Å²) in [6.45, 7) is 9.03. The number of nitrogens with one attached hydrogen (secondary N) is 1. The van der Waals surface area contributed by atoms with Crippen LogP contribution in [0.2, 0.25) is 0 Å². The van der Waals surface area contributed by atoms with Crippen molar-refractivity contribution in [2.24, 2.45) is 0 Å². The lowest BCUT2D eigenvalue weighted by molar-refractivity contribution is 0.00932.